The van der Waals surface area contributed by atoms with Gasteiger partial charge in [0.2, 0.25) is 0 Å². The van der Waals surface area contributed by atoms with E-state index in [-0.39, 0.29) is 17.7 Å². The Morgan fingerprint density at radius 1 is 1.25 bits per heavy atom. The molecule has 1 aromatic carbocycles. The van der Waals surface area contributed by atoms with E-state index in [1.54, 1.807) is 31.2 Å². The molecule has 0 bridgehead atoms. The largest absolute Gasteiger partial charge is 0.340 e. The monoisotopic (exact) mass is 298 g/mol. The van der Waals surface area contributed by atoms with E-state index < -0.39 is 6.04 Å². The molecule has 0 heterocycles. The van der Waals surface area contributed by atoms with Gasteiger partial charge in [-0.15, -0.1) is 0 Å². The zero-order valence-electron chi connectivity index (χ0n) is 11.8. The lowest BCUT2D eigenvalue weighted by molar-refractivity contribution is -0.136. The molecule has 20 heavy (non-hydrogen) atoms. The third-order valence-corrected chi connectivity index (χ3v) is 2.91. The summed E-state index contributed by atoms with van der Waals surface area (Å²) < 4.78 is 0. The van der Waals surface area contributed by atoms with Gasteiger partial charge in [0.05, 0.1) is 6.61 Å². The Labute approximate surface area is 123 Å². The van der Waals surface area contributed by atoms with Crippen molar-refractivity contribution in [2.45, 2.75) is 26.8 Å². The Morgan fingerprint density at radius 2 is 1.85 bits per heavy atom. The van der Waals surface area contributed by atoms with Crippen LogP contribution in [0.5, 0.6) is 0 Å². The SMILES string of the molecule is CCONC(=O)C(NC(=O)c1ccc(Cl)cc1)C(C)C. The van der Waals surface area contributed by atoms with E-state index >= 15 is 0 Å². The van der Waals surface area contributed by atoms with Crippen LogP contribution in [0.4, 0.5) is 0 Å². The summed E-state index contributed by atoms with van der Waals surface area (Å²) in [7, 11) is 0. The summed E-state index contributed by atoms with van der Waals surface area (Å²) in [6.45, 7) is 5.81. The maximum Gasteiger partial charge on any atom is 0.266 e. The van der Waals surface area contributed by atoms with Crippen LogP contribution in [0.3, 0.4) is 0 Å². The van der Waals surface area contributed by atoms with Gasteiger partial charge in [-0.3, -0.25) is 14.4 Å². The average molecular weight is 299 g/mol. The summed E-state index contributed by atoms with van der Waals surface area (Å²) in [4.78, 5) is 28.8. The summed E-state index contributed by atoms with van der Waals surface area (Å²) in [5.74, 6) is -0.761. The number of hydroxylamine groups is 1. The van der Waals surface area contributed by atoms with Gasteiger partial charge < -0.3 is 5.32 Å². The maximum atomic E-state index is 12.1. The topological polar surface area (TPSA) is 67.4 Å². The minimum atomic E-state index is -0.662. The van der Waals surface area contributed by atoms with Crippen LogP contribution in [0.15, 0.2) is 24.3 Å². The second-order valence-electron chi connectivity index (χ2n) is 4.60. The van der Waals surface area contributed by atoms with Gasteiger partial charge in [0.1, 0.15) is 6.04 Å². The highest BCUT2D eigenvalue weighted by atomic mass is 35.5. The number of carbonyl (C=O) groups excluding carboxylic acids is 2. The van der Waals surface area contributed by atoms with Crippen LogP contribution >= 0.6 is 11.6 Å². The quantitative estimate of drug-likeness (QED) is 0.791. The second-order valence-corrected chi connectivity index (χ2v) is 5.04. The number of amides is 2. The zero-order valence-corrected chi connectivity index (χ0v) is 12.5. The summed E-state index contributed by atoms with van der Waals surface area (Å²) in [6, 6.07) is 5.80. The minimum Gasteiger partial charge on any atom is -0.340 e. The van der Waals surface area contributed by atoms with Gasteiger partial charge in [0, 0.05) is 10.6 Å². The molecule has 0 aliphatic carbocycles. The third kappa shape index (κ3) is 4.83. The molecule has 5 nitrogen and oxygen atoms in total. The molecule has 0 spiro atoms. The normalized spacial score (nSPS) is 12.1. The molecule has 0 aliphatic rings. The van der Waals surface area contributed by atoms with Crippen molar-refractivity contribution in [3.05, 3.63) is 34.9 Å². The van der Waals surface area contributed by atoms with Crippen LogP contribution < -0.4 is 10.8 Å². The van der Waals surface area contributed by atoms with Gasteiger partial charge in [-0.05, 0) is 37.1 Å². The smallest absolute Gasteiger partial charge is 0.266 e. The summed E-state index contributed by atoms with van der Waals surface area (Å²) in [6.07, 6.45) is 0. The van der Waals surface area contributed by atoms with E-state index in [0.29, 0.717) is 17.2 Å². The molecule has 0 aliphatic heterocycles. The van der Waals surface area contributed by atoms with Crippen molar-refractivity contribution in [1.29, 1.82) is 0 Å². The van der Waals surface area contributed by atoms with Crippen molar-refractivity contribution < 1.29 is 14.4 Å². The first-order valence-electron chi connectivity index (χ1n) is 6.43. The van der Waals surface area contributed by atoms with Gasteiger partial charge >= 0.3 is 0 Å². The Balaban J connectivity index is 2.72. The van der Waals surface area contributed by atoms with Crippen molar-refractivity contribution in [3.8, 4) is 0 Å². The highest BCUT2D eigenvalue weighted by Crippen LogP contribution is 2.10. The van der Waals surface area contributed by atoms with Crippen LogP contribution in [0.2, 0.25) is 5.02 Å². The van der Waals surface area contributed by atoms with Crippen molar-refractivity contribution in [1.82, 2.24) is 10.8 Å². The fourth-order valence-electron chi connectivity index (χ4n) is 1.57. The van der Waals surface area contributed by atoms with Gasteiger partial charge in [-0.2, -0.15) is 0 Å². The van der Waals surface area contributed by atoms with E-state index in [0.717, 1.165) is 0 Å². The third-order valence-electron chi connectivity index (χ3n) is 2.66. The first kappa shape index (κ1) is 16.5. The van der Waals surface area contributed by atoms with Crippen molar-refractivity contribution in [2.75, 3.05) is 6.61 Å². The first-order chi connectivity index (χ1) is 9.45. The average Bonchev–Trinajstić information content (AvgIpc) is 2.42. The molecular weight excluding hydrogens is 280 g/mol. The lowest BCUT2D eigenvalue weighted by atomic mass is 10.0. The van der Waals surface area contributed by atoms with E-state index in [1.807, 2.05) is 13.8 Å². The van der Waals surface area contributed by atoms with Gasteiger partial charge in [-0.25, -0.2) is 5.48 Å². The molecule has 0 saturated carbocycles. The van der Waals surface area contributed by atoms with Gasteiger partial charge in [0.25, 0.3) is 11.8 Å². The van der Waals surface area contributed by atoms with Crippen LogP contribution in [-0.2, 0) is 9.63 Å². The van der Waals surface area contributed by atoms with Crippen LogP contribution in [0.1, 0.15) is 31.1 Å². The summed E-state index contributed by atoms with van der Waals surface area (Å²) in [5.41, 5.74) is 2.75. The molecule has 1 aromatic rings. The number of hydrogen-bond acceptors (Lipinski definition) is 3. The second kappa shape index (κ2) is 7.87. The molecule has 1 rings (SSSR count). The molecule has 0 fully saturated rings. The van der Waals surface area contributed by atoms with E-state index in [1.165, 1.54) is 0 Å². The van der Waals surface area contributed by atoms with Crippen molar-refractivity contribution >= 4 is 23.4 Å². The van der Waals surface area contributed by atoms with Crippen molar-refractivity contribution in [3.63, 3.8) is 0 Å². The van der Waals surface area contributed by atoms with E-state index in [4.69, 9.17) is 16.4 Å². The first-order valence-corrected chi connectivity index (χ1v) is 6.81. The molecule has 110 valence electrons. The maximum absolute atomic E-state index is 12.1. The molecule has 6 heteroatoms. The Bertz CT molecular complexity index is 460. The number of rotatable bonds is 6. The fraction of sp³-hybridized carbons (Fsp3) is 0.429. The summed E-state index contributed by atoms with van der Waals surface area (Å²) >= 11 is 5.77. The number of carbonyl (C=O) groups is 2. The minimum absolute atomic E-state index is 0.0632. The molecule has 2 N–H and O–H groups in total. The van der Waals surface area contributed by atoms with Crippen LogP contribution in [0.25, 0.3) is 0 Å². The predicted octanol–water partition coefficient (Wildman–Crippen LogP) is 2.16. The molecule has 1 unspecified atom stereocenters. The highest BCUT2D eigenvalue weighted by molar-refractivity contribution is 6.30. The number of benzene rings is 1. The molecule has 0 saturated heterocycles. The standard InChI is InChI=1S/C14H19ClN2O3/c1-4-20-17-14(19)12(9(2)3)16-13(18)10-5-7-11(15)8-6-10/h5-9,12H,4H2,1-3H3,(H,16,18)(H,17,19). The lowest BCUT2D eigenvalue weighted by Gasteiger charge is -2.21. The zero-order chi connectivity index (χ0) is 15.1. The highest BCUT2D eigenvalue weighted by Gasteiger charge is 2.24. The molecule has 2 amide bonds. The number of nitrogens with one attached hydrogen (secondary N) is 2. The van der Waals surface area contributed by atoms with Crippen LogP contribution in [-0.4, -0.2) is 24.5 Å². The molecule has 1 atom stereocenters. The Hall–Kier alpha value is -1.59. The lowest BCUT2D eigenvalue weighted by Crippen LogP contribution is -2.49. The Morgan fingerprint density at radius 3 is 2.35 bits per heavy atom. The summed E-state index contributed by atoms with van der Waals surface area (Å²) in [5, 5.41) is 3.24. The molecule has 0 radical (unpaired) electrons. The van der Waals surface area contributed by atoms with E-state index in [2.05, 4.69) is 10.8 Å². The predicted molar refractivity (Wildman–Crippen MR) is 77.3 cm³/mol. The van der Waals surface area contributed by atoms with Crippen molar-refractivity contribution in [2.24, 2.45) is 5.92 Å². The molecule has 0 aromatic heterocycles. The molecular formula is C14H19ClN2O3. The number of hydrogen-bond donors (Lipinski definition) is 2. The van der Waals surface area contributed by atoms with Gasteiger partial charge in [0.15, 0.2) is 0 Å². The number of halogens is 1. The fourth-order valence-corrected chi connectivity index (χ4v) is 1.69. The Kier molecular flexibility index (Phi) is 6.48. The van der Waals surface area contributed by atoms with Crippen LogP contribution in [0, 0.1) is 5.92 Å². The van der Waals surface area contributed by atoms with E-state index in [9.17, 15) is 9.59 Å². The van der Waals surface area contributed by atoms with Gasteiger partial charge in [-0.1, -0.05) is 25.4 Å².